The monoisotopic (exact) mass is 268 g/mol. The van der Waals surface area contributed by atoms with Crippen molar-refractivity contribution in [1.29, 1.82) is 0 Å². The minimum Gasteiger partial charge on any atom is -0.398 e. The lowest BCUT2D eigenvalue weighted by Gasteiger charge is -2.10. The fraction of sp³-hybridized carbons (Fsp3) is 0.235. The number of carbonyl (C=O) groups excluding carboxylic acids is 1. The molecule has 2 rings (SSSR count). The second kappa shape index (κ2) is 6.75. The number of nitrogen functional groups attached to an aromatic ring is 1. The van der Waals surface area contributed by atoms with Crippen molar-refractivity contribution < 1.29 is 4.79 Å². The van der Waals surface area contributed by atoms with Gasteiger partial charge < -0.3 is 11.1 Å². The summed E-state index contributed by atoms with van der Waals surface area (Å²) in [7, 11) is 0. The maximum atomic E-state index is 12.1. The third kappa shape index (κ3) is 3.60. The lowest BCUT2D eigenvalue weighted by atomic mass is 10.1. The van der Waals surface area contributed by atoms with Crippen molar-refractivity contribution in [2.75, 3.05) is 12.3 Å². The molecule has 0 fully saturated rings. The van der Waals surface area contributed by atoms with Crippen molar-refractivity contribution in [3.05, 3.63) is 65.2 Å². The Bertz CT molecular complexity index is 559. The lowest BCUT2D eigenvalue weighted by Crippen LogP contribution is -2.26. The van der Waals surface area contributed by atoms with Crippen LogP contribution in [0.5, 0.6) is 0 Å². The van der Waals surface area contributed by atoms with Gasteiger partial charge in [-0.25, -0.2) is 0 Å². The summed E-state index contributed by atoms with van der Waals surface area (Å²) in [4.78, 5) is 12.1. The third-order valence-electron chi connectivity index (χ3n) is 3.30. The second-order valence-electron chi connectivity index (χ2n) is 4.88. The Morgan fingerprint density at radius 1 is 1.10 bits per heavy atom. The van der Waals surface area contributed by atoms with E-state index in [0.29, 0.717) is 17.8 Å². The molecule has 0 spiro atoms. The molecule has 0 unspecified atom stereocenters. The summed E-state index contributed by atoms with van der Waals surface area (Å²) < 4.78 is 0. The predicted molar refractivity (Wildman–Crippen MR) is 82.7 cm³/mol. The fourth-order valence-electron chi connectivity index (χ4n) is 2.23. The van der Waals surface area contributed by atoms with Crippen LogP contribution in [0.4, 0.5) is 5.69 Å². The summed E-state index contributed by atoms with van der Waals surface area (Å²) in [6.45, 7) is 2.55. The second-order valence-corrected chi connectivity index (χ2v) is 4.88. The van der Waals surface area contributed by atoms with Crippen LogP contribution in [0.1, 0.15) is 27.9 Å². The molecule has 0 bridgehead atoms. The number of benzene rings is 2. The van der Waals surface area contributed by atoms with E-state index in [0.717, 1.165) is 18.4 Å². The van der Waals surface area contributed by atoms with Crippen molar-refractivity contribution >= 4 is 11.6 Å². The van der Waals surface area contributed by atoms with E-state index in [1.165, 1.54) is 5.56 Å². The summed E-state index contributed by atoms with van der Waals surface area (Å²) >= 11 is 0. The van der Waals surface area contributed by atoms with E-state index in [1.54, 1.807) is 6.07 Å². The van der Waals surface area contributed by atoms with Gasteiger partial charge in [0.25, 0.3) is 5.91 Å². The molecule has 20 heavy (non-hydrogen) atoms. The minimum absolute atomic E-state index is 0.0892. The van der Waals surface area contributed by atoms with Gasteiger partial charge in [0.2, 0.25) is 0 Å². The smallest absolute Gasteiger partial charge is 0.253 e. The molecule has 1 amide bonds. The van der Waals surface area contributed by atoms with Gasteiger partial charge in [-0.05, 0) is 37.0 Å². The molecule has 2 aromatic carbocycles. The van der Waals surface area contributed by atoms with Crippen LogP contribution in [0.15, 0.2) is 48.5 Å². The minimum atomic E-state index is -0.0892. The summed E-state index contributed by atoms with van der Waals surface area (Å²) in [6, 6.07) is 15.8. The van der Waals surface area contributed by atoms with Crippen LogP contribution in [0.2, 0.25) is 0 Å². The topological polar surface area (TPSA) is 55.1 Å². The Kier molecular flexibility index (Phi) is 4.77. The highest BCUT2D eigenvalue weighted by molar-refractivity contribution is 6.00. The number of amides is 1. The van der Waals surface area contributed by atoms with Gasteiger partial charge in [0.1, 0.15) is 0 Å². The van der Waals surface area contributed by atoms with E-state index in [1.807, 2.05) is 37.3 Å². The largest absolute Gasteiger partial charge is 0.398 e. The van der Waals surface area contributed by atoms with Gasteiger partial charge in [-0.3, -0.25) is 4.79 Å². The first kappa shape index (κ1) is 14.1. The zero-order valence-electron chi connectivity index (χ0n) is 11.7. The zero-order valence-corrected chi connectivity index (χ0v) is 11.7. The van der Waals surface area contributed by atoms with Crippen molar-refractivity contribution in [1.82, 2.24) is 5.32 Å². The van der Waals surface area contributed by atoms with Crippen LogP contribution in [0, 0.1) is 6.92 Å². The molecular weight excluding hydrogens is 248 g/mol. The maximum absolute atomic E-state index is 12.1. The molecule has 0 aliphatic heterocycles. The number of anilines is 1. The van der Waals surface area contributed by atoms with E-state index >= 15 is 0 Å². The molecule has 0 saturated heterocycles. The number of hydrogen-bond donors (Lipinski definition) is 2. The molecule has 0 heterocycles. The molecule has 0 aliphatic carbocycles. The van der Waals surface area contributed by atoms with Gasteiger partial charge in [-0.1, -0.05) is 42.5 Å². The molecule has 3 heteroatoms. The summed E-state index contributed by atoms with van der Waals surface area (Å²) in [5.74, 6) is -0.0892. The van der Waals surface area contributed by atoms with E-state index in [-0.39, 0.29) is 5.91 Å². The van der Waals surface area contributed by atoms with Gasteiger partial charge in [0.05, 0.1) is 5.56 Å². The van der Waals surface area contributed by atoms with Crippen molar-refractivity contribution in [3.8, 4) is 0 Å². The van der Waals surface area contributed by atoms with E-state index in [2.05, 4.69) is 17.4 Å². The maximum Gasteiger partial charge on any atom is 0.253 e. The van der Waals surface area contributed by atoms with Crippen LogP contribution >= 0.6 is 0 Å². The van der Waals surface area contributed by atoms with Gasteiger partial charge in [0.15, 0.2) is 0 Å². The van der Waals surface area contributed by atoms with E-state index in [4.69, 9.17) is 5.73 Å². The molecule has 0 aromatic heterocycles. The molecule has 0 aliphatic rings. The Hall–Kier alpha value is -2.29. The number of hydrogen-bond acceptors (Lipinski definition) is 2. The first-order chi connectivity index (χ1) is 9.68. The van der Waals surface area contributed by atoms with Gasteiger partial charge in [-0.2, -0.15) is 0 Å². The number of rotatable bonds is 5. The molecule has 3 N–H and O–H groups in total. The normalized spacial score (nSPS) is 10.2. The SMILES string of the molecule is Cc1cccc(N)c1C(=O)NCCCc1ccccc1. The lowest BCUT2D eigenvalue weighted by molar-refractivity contribution is 0.0953. The fourth-order valence-corrected chi connectivity index (χ4v) is 2.23. The molecule has 0 saturated carbocycles. The Morgan fingerprint density at radius 2 is 1.85 bits per heavy atom. The third-order valence-corrected chi connectivity index (χ3v) is 3.30. The van der Waals surface area contributed by atoms with Gasteiger partial charge >= 0.3 is 0 Å². The molecule has 0 atom stereocenters. The van der Waals surface area contributed by atoms with E-state index < -0.39 is 0 Å². The van der Waals surface area contributed by atoms with Gasteiger partial charge in [-0.15, -0.1) is 0 Å². The first-order valence-corrected chi connectivity index (χ1v) is 6.85. The molecule has 104 valence electrons. The summed E-state index contributed by atoms with van der Waals surface area (Å²) in [5.41, 5.74) is 9.18. The highest BCUT2D eigenvalue weighted by atomic mass is 16.1. The molecule has 2 aromatic rings. The van der Waals surface area contributed by atoms with Crippen LogP contribution < -0.4 is 11.1 Å². The Balaban J connectivity index is 1.84. The van der Waals surface area contributed by atoms with Crippen molar-refractivity contribution in [2.45, 2.75) is 19.8 Å². The van der Waals surface area contributed by atoms with Gasteiger partial charge in [0, 0.05) is 12.2 Å². The van der Waals surface area contributed by atoms with E-state index in [9.17, 15) is 4.79 Å². The highest BCUT2D eigenvalue weighted by Crippen LogP contribution is 2.15. The van der Waals surface area contributed by atoms with Crippen LogP contribution in [-0.2, 0) is 6.42 Å². The standard InChI is InChI=1S/C17H20N2O/c1-13-7-5-11-15(18)16(13)17(20)19-12-6-10-14-8-3-2-4-9-14/h2-5,7-9,11H,6,10,12,18H2,1H3,(H,19,20). The molecule has 0 radical (unpaired) electrons. The van der Waals surface area contributed by atoms with Crippen LogP contribution in [0.25, 0.3) is 0 Å². The van der Waals surface area contributed by atoms with Crippen LogP contribution in [0.3, 0.4) is 0 Å². The number of nitrogens with one attached hydrogen (secondary N) is 1. The molecular formula is C17H20N2O. The number of carbonyl (C=O) groups is 1. The predicted octanol–water partition coefficient (Wildman–Crippen LogP) is 2.94. The quantitative estimate of drug-likeness (QED) is 0.647. The Labute approximate surface area is 119 Å². The van der Waals surface area contributed by atoms with Crippen molar-refractivity contribution in [3.63, 3.8) is 0 Å². The average molecular weight is 268 g/mol. The molecule has 3 nitrogen and oxygen atoms in total. The number of aryl methyl sites for hydroxylation is 2. The average Bonchev–Trinajstić information content (AvgIpc) is 2.44. The number of nitrogens with two attached hydrogens (primary N) is 1. The van der Waals surface area contributed by atoms with Crippen LogP contribution in [-0.4, -0.2) is 12.5 Å². The first-order valence-electron chi connectivity index (χ1n) is 6.85. The summed E-state index contributed by atoms with van der Waals surface area (Å²) in [6.07, 6.45) is 1.88. The van der Waals surface area contributed by atoms with Crippen molar-refractivity contribution in [2.24, 2.45) is 0 Å². The highest BCUT2D eigenvalue weighted by Gasteiger charge is 2.11. The Morgan fingerprint density at radius 3 is 2.55 bits per heavy atom. The zero-order chi connectivity index (χ0) is 14.4. The summed E-state index contributed by atoms with van der Waals surface area (Å²) in [5, 5.41) is 2.93.